The summed E-state index contributed by atoms with van der Waals surface area (Å²) in [5.74, 6) is -2.82. The number of halogens is 1. The fourth-order valence-corrected chi connectivity index (χ4v) is 2.43. The summed E-state index contributed by atoms with van der Waals surface area (Å²) in [5, 5.41) is 29.3. The van der Waals surface area contributed by atoms with Gasteiger partial charge >= 0.3 is 5.98 Å². The zero-order valence-corrected chi connectivity index (χ0v) is 11.0. The van der Waals surface area contributed by atoms with E-state index in [1.165, 1.54) is 0 Å². The number of imidazole rings is 1. The molecule has 0 bridgehead atoms. The van der Waals surface area contributed by atoms with Gasteiger partial charge in [0.15, 0.2) is 17.1 Å². The van der Waals surface area contributed by atoms with Crippen LogP contribution in [0.5, 0.6) is 0 Å². The summed E-state index contributed by atoms with van der Waals surface area (Å²) < 4.78 is 21.1. The van der Waals surface area contributed by atoms with Gasteiger partial charge in [-0.2, -0.15) is 4.39 Å². The highest BCUT2D eigenvalue weighted by molar-refractivity contribution is 5.81. The van der Waals surface area contributed by atoms with Gasteiger partial charge in [-0.1, -0.05) is 0 Å². The minimum absolute atomic E-state index is 0.00364. The summed E-state index contributed by atoms with van der Waals surface area (Å²) in [4.78, 5) is 11.5. The molecule has 1 aliphatic heterocycles. The highest BCUT2D eigenvalue weighted by Crippen LogP contribution is 2.45. The minimum Gasteiger partial charge on any atom is -0.394 e. The topological polar surface area (TPSA) is 140 Å². The normalized spacial score (nSPS) is 36.4. The number of nitrogens with zero attached hydrogens (tertiary/aromatic N) is 4. The molecular weight excluding hydrogens is 285 g/mol. The molecule has 0 aliphatic carbocycles. The van der Waals surface area contributed by atoms with Crippen molar-refractivity contribution in [2.45, 2.75) is 30.7 Å². The Labute approximate surface area is 117 Å². The molecule has 0 radical (unpaired) electrons. The second kappa shape index (κ2) is 4.31. The second-order valence-electron chi connectivity index (χ2n) is 5.04. The summed E-state index contributed by atoms with van der Waals surface area (Å²) in [7, 11) is 0. The van der Waals surface area contributed by atoms with Gasteiger partial charge < -0.3 is 25.8 Å². The quantitative estimate of drug-likeness (QED) is 0.525. The van der Waals surface area contributed by atoms with Crippen LogP contribution in [-0.2, 0) is 10.7 Å². The van der Waals surface area contributed by atoms with Crippen LogP contribution in [0.2, 0.25) is 0 Å². The Bertz CT molecular complexity index is 692. The Balaban J connectivity index is 2.19. The maximum Gasteiger partial charge on any atom is 0.328 e. The van der Waals surface area contributed by atoms with Crippen molar-refractivity contribution >= 4 is 17.0 Å². The molecule has 3 rings (SSSR count). The summed E-state index contributed by atoms with van der Waals surface area (Å²) in [5.41, 5.74) is 3.42. The third-order valence-electron chi connectivity index (χ3n) is 3.71. The molecule has 5 N–H and O–H groups in total. The molecule has 9 nitrogen and oxygen atoms in total. The molecule has 0 aromatic carbocycles. The molecular formula is C11H14FN5O4. The predicted molar refractivity (Wildman–Crippen MR) is 67.4 cm³/mol. The van der Waals surface area contributed by atoms with E-state index in [9.17, 15) is 10.2 Å². The maximum absolute atomic E-state index is 15.3. The van der Waals surface area contributed by atoms with Crippen LogP contribution in [0.15, 0.2) is 12.7 Å². The number of hydrogen-bond donors (Lipinski definition) is 4. The van der Waals surface area contributed by atoms with E-state index in [-0.39, 0.29) is 17.0 Å². The SMILES string of the molecule is C[C@@]1(O)[C@H](O)[C@@H](CO)O[C@@]1(F)n1cnc2c(N)ncnc21. The fraction of sp³-hybridized carbons (Fsp3) is 0.545. The van der Waals surface area contributed by atoms with E-state index in [0.29, 0.717) is 0 Å². The Morgan fingerprint density at radius 3 is 2.81 bits per heavy atom. The van der Waals surface area contributed by atoms with Crippen LogP contribution in [0.3, 0.4) is 0 Å². The number of alkyl halides is 1. The lowest BCUT2D eigenvalue weighted by Gasteiger charge is -2.32. The first kappa shape index (κ1) is 14.1. The number of anilines is 1. The molecule has 0 saturated carbocycles. The second-order valence-corrected chi connectivity index (χ2v) is 5.04. The lowest BCUT2D eigenvalue weighted by atomic mass is 9.95. The van der Waals surface area contributed by atoms with E-state index in [0.717, 1.165) is 24.1 Å². The fourth-order valence-electron chi connectivity index (χ4n) is 2.43. The molecule has 114 valence electrons. The predicted octanol–water partition coefficient (Wildman–Crippen LogP) is -1.51. The van der Waals surface area contributed by atoms with Crippen LogP contribution < -0.4 is 5.73 Å². The lowest BCUT2D eigenvalue weighted by molar-refractivity contribution is -0.270. The van der Waals surface area contributed by atoms with Gasteiger partial charge in [0.1, 0.15) is 30.4 Å². The first-order valence-corrected chi connectivity index (χ1v) is 6.15. The van der Waals surface area contributed by atoms with Gasteiger partial charge in [-0.15, -0.1) is 0 Å². The van der Waals surface area contributed by atoms with Crippen molar-refractivity contribution in [1.82, 2.24) is 19.5 Å². The summed E-state index contributed by atoms with van der Waals surface area (Å²) >= 11 is 0. The van der Waals surface area contributed by atoms with Crippen molar-refractivity contribution in [1.29, 1.82) is 0 Å². The third-order valence-corrected chi connectivity index (χ3v) is 3.71. The highest BCUT2D eigenvalue weighted by atomic mass is 19.2. The van der Waals surface area contributed by atoms with Crippen molar-refractivity contribution in [3.63, 3.8) is 0 Å². The van der Waals surface area contributed by atoms with Crippen molar-refractivity contribution in [3.8, 4) is 0 Å². The van der Waals surface area contributed by atoms with Gasteiger partial charge in [-0.05, 0) is 6.92 Å². The first-order valence-electron chi connectivity index (χ1n) is 6.15. The number of ether oxygens (including phenoxy) is 1. The van der Waals surface area contributed by atoms with Crippen LogP contribution in [0.25, 0.3) is 11.2 Å². The molecule has 0 amide bonds. The Morgan fingerprint density at radius 2 is 2.19 bits per heavy atom. The van der Waals surface area contributed by atoms with Crippen molar-refractivity contribution in [2.75, 3.05) is 12.3 Å². The molecule has 0 spiro atoms. The van der Waals surface area contributed by atoms with E-state index in [1.54, 1.807) is 0 Å². The van der Waals surface area contributed by atoms with Crippen LogP contribution >= 0.6 is 0 Å². The molecule has 2 aromatic heterocycles. The summed E-state index contributed by atoms with van der Waals surface area (Å²) in [6.45, 7) is 0.399. The van der Waals surface area contributed by atoms with E-state index in [2.05, 4.69) is 15.0 Å². The van der Waals surface area contributed by atoms with E-state index < -0.39 is 30.4 Å². The molecule has 10 heteroatoms. The average Bonchev–Trinajstić information content (AvgIpc) is 2.95. The smallest absolute Gasteiger partial charge is 0.328 e. The number of aliphatic hydroxyl groups excluding tert-OH is 2. The number of aliphatic hydroxyl groups is 3. The van der Waals surface area contributed by atoms with Crippen molar-refractivity contribution in [2.24, 2.45) is 0 Å². The van der Waals surface area contributed by atoms with Crippen LogP contribution in [0.4, 0.5) is 10.2 Å². The molecule has 0 unspecified atom stereocenters. The summed E-state index contributed by atoms with van der Waals surface area (Å²) in [6, 6.07) is 0. The van der Waals surface area contributed by atoms with Crippen molar-refractivity contribution < 1.29 is 24.4 Å². The van der Waals surface area contributed by atoms with Gasteiger partial charge in [0, 0.05) is 0 Å². The standard InChI is InChI=1S/C11H14FN5O4/c1-10(20)7(19)5(2-18)21-11(10,12)17-4-16-6-8(13)14-3-15-9(6)17/h3-5,7,18-20H,2H2,1H3,(H2,13,14,15)/t5-,7-,10-,11+/m1/s1. The molecule has 3 heterocycles. The van der Waals surface area contributed by atoms with E-state index in [4.69, 9.17) is 15.6 Å². The largest absolute Gasteiger partial charge is 0.394 e. The van der Waals surface area contributed by atoms with Gasteiger partial charge in [-0.25, -0.2) is 15.0 Å². The van der Waals surface area contributed by atoms with Crippen LogP contribution in [0, 0.1) is 0 Å². The van der Waals surface area contributed by atoms with Gasteiger partial charge in [0.05, 0.1) is 6.61 Å². The number of nitrogen functional groups attached to an aromatic ring is 1. The Morgan fingerprint density at radius 1 is 1.48 bits per heavy atom. The van der Waals surface area contributed by atoms with Gasteiger partial charge in [0.2, 0.25) is 0 Å². The monoisotopic (exact) mass is 299 g/mol. The van der Waals surface area contributed by atoms with Crippen LogP contribution in [0.1, 0.15) is 6.92 Å². The first-order chi connectivity index (χ1) is 9.83. The number of aromatic nitrogens is 4. The third kappa shape index (κ3) is 1.67. The zero-order chi connectivity index (χ0) is 15.4. The Kier molecular flexibility index (Phi) is 2.89. The molecule has 4 atom stereocenters. The number of hydrogen-bond acceptors (Lipinski definition) is 8. The minimum atomic E-state index is -2.87. The Hall–Kier alpha value is -1.88. The van der Waals surface area contributed by atoms with Crippen LogP contribution in [-0.4, -0.2) is 59.3 Å². The maximum atomic E-state index is 15.3. The van der Waals surface area contributed by atoms with Gasteiger partial charge in [-0.3, -0.25) is 4.57 Å². The molecule has 21 heavy (non-hydrogen) atoms. The van der Waals surface area contributed by atoms with E-state index in [1.807, 2.05) is 0 Å². The highest BCUT2D eigenvalue weighted by Gasteiger charge is 2.65. The number of rotatable bonds is 2. The molecule has 1 saturated heterocycles. The van der Waals surface area contributed by atoms with E-state index >= 15 is 4.39 Å². The summed E-state index contributed by atoms with van der Waals surface area (Å²) in [6.07, 6.45) is -0.773. The van der Waals surface area contributed by atoms with Crippen molar-refractivity contribution in [3.05, 3.63) is 12.7 Å². The molecule has 1 aliphatic rings. The zero-order valence-electron chi connectivity index (χ0n) is 11.0. The molecule has 1 fully saturated rings. The number of nitrogens with two attached hydrogens (primary N) is 1. The average molecular weight is 299 g/mol. The molecule has 2 aromatic rings. The number of fused-ring (bicyclic) bond motifs is 1. The lowest BCUT2D eigenvalue weighted by Crippen LogP contribution is -2.53. The van der Waals surface area contributed by atoms with Gasteiger partial charge in [0.25, 0.3) is 0 Å².